The van der Waals surface area contributed by atoms with Crippen molar-refractivity contribution in [3.63, 3.8) is 0 Å². The van der Waals surface area contributed by atoms with Crippen molar-refractivity contribution in [2.75, 3.05) is 5.32 Å². The summed E-state index contributed by atoms with van der Waals surface area (Å²) in [6.45, 7) is 4.04. The molecule has 17 heavy (non-hydrogen) atoms. The van der Waals surface area contributed by atoms with Crippen molar-refractivity contribution >= 4 is 12.2 Å². The summed E-state index contributed by atoms with van der Waals surface area (Å²) in [5, 5.41) is 2.51. The van der Waals surface area contributed by atoms with Crippen molar-refractivity contribution in [3.05, 3.63) is 41.9 Å². The molecule has 0 aliphatic heterocycles. The van der Waals surface area contributed by atoms with Crippen LogP contribution in [0.4, 0.5) is 5.82 Å². The number of carbonyl (C=O) groups is 1. The van der Waals surface area contributed by atoms with E-state index in [0.717, 1.165) is 22.3 Å². The van der Waals surface area contributed by atoms with Crippen LogP contribution >= 0.6 is 0 Å². The standard InChI is InChI=1S/C13H13N3O/c1-9-5-14-6-10(2)13(9)11-3-4-12(15-7-11)16-8-17/h3-8H,1-2H3,(H,15,16,17). The summed E-state index contributed by atoms with van der Waals surface area (Å²) in [4.78, 5) is 18.6. The second kappa shape index (κ2) is 4.74. The average Bonchev–Trinajstić information content (AvgIpc) is 2.31. The Hall–Kier alpha value is -2.23. The average molecular weight is 227 g/mol. The fraction of sp³-hybridized carbons (Fsp3) is 0.154. The lowest BCUT2D eigenvalue weighted by atomic mass is 10.00. The van der Waals surface area contributed by atoms with Crippen LogP contribution in [-0.4, -0.2) is 16.4 Å². The quantitative estimate of drug-likeness (QED) is 0.819. The normalized spacial score (nSPS) is 10.0. The number of hydrogen-bond acceptors (Lipinski definition) is 3. The van der Waals surface area contributed by atoms with Crippen LogP contribution in [0.1, 0.15) is 11.1 Å². The number of aromatic nitrogens is 2. The number of anilines is 1. The van der Waals surface area contributed by atoms with Crippen LogP contribution in [0, 0.1) is 13.8 Å². The largest absolute Gasteiger partial charge is 0.313 e. The molecule has 1 N–H and O–H groups in total. The molecule has 4 heteroatoms. The Labute approximate surface area is 99.7 Å². The second-order valence-electron chi connectivity index (χ2n) is 3.84. The Balaban J connectivity index is 2.43. The molecule has 0 fully saturated rings. The summed E-state index contributed by atoms with van der Waals surface area (Å²) in [5.41, 5.74) is 4.40. The molecule has 0 spiro atoms. The molecule has 0 aliphatic carbocycles. The van der Waals surface area contributed by atoms with Crippen LogP contribution in [0.25, 0.3) is 11.1 Å². The monoisotopic (exact) mass is 227 g/mol. The molecule has 0 aliphatic rings. The Morgan fingerprint density at radius 2 is 1.82 bits per heavy atom. The van der Waals surface area contributed by atoms with Gasteiger partial charge in [-0.05, 0) is 42.7 Å². The number of nitrogens with zero attached hydrogens (tertiary/aromatic N) is 2. The van der Waals surface area contributed by atoms with Gasteiger partial charge in [0, 0.05) is 24.2 Å². The van der Waals surface area contributed by atoms with Gasteiger partial charge < -0.3 is 5.32 Å². The maximum atomic E-state index is 10.3. The van der Waals surface area contributed by atoms with Crippen LogP contribution in [0.15, 0.2) is 30.7 Å². The molecule has 0 radical (unpaired) electrons. The third-order valence-corrected chi connectivity index (χ3v) is 2.58. The van der Waals surface area contributed by atoms with E-state index in [4.69, 9.17) is 0 Å². The van der Waals surface area contributed by atoms with E-state index < -0.39 is 0 Å². The van der Waals surface area contributed by atoms with E-state index in [1.807, 2.05) is 32.3 Å². The first-order chi connectivity index (χ1) is 8.22. The highest BCUT2D eigenvalue weighted by molar-refractivity contribution is 5.73. The van der Waals surface area contributed by atoms with Crippen molar-refractivity contribution < 1.29 is 4.79 Å². The number of aryl methyl sites for hydroxylation is 2. The Bertz CT molecular complexity index is 515. The first-order valence-electron chi connectivity index (χ1n) is 5.30. The third kappa shape index (κ3) is 2.30. The molecular formula is C13H13N3O. The molecule has 0 saturated heterocycles. The molecule has 4 nitrogen and oxygen atoms in total. The summed E-state index contributed by atoms with van der Waals surface area (Å²) in [5.74, 6) is 0.549. The first kappa shape index (κ1) is 11.3. The smallest absolute Gasteiger partial charge is 0.212 e. The molecule has 0 aromatic carbocycles. The predicted molar refractivity (Wildman–Crippen MR) is 66.6 cm³/mol. The zero-order valence-corrected chi connectivity index (χ0v) is 9.77. The van der Waals surface area contributed by atoms with E-state index in [1.54, 1.807) is 12.3 Å². The number of nitrogens with one attached hydrogen (secondary N) is 1. The van der Waals surface area contributed by atoms with Gasteiger partial charge in [-0.2, -0.15) is 0 Å². The van der Waals surface area contributed by atoms with E-state index in [0.29, 0.717) is 12.2 Å². The summed E-state index contributed by atoms with van der Waals surface area (Å²) in [6.07, 6.45) is 6.03. The molecule has 1 amide bonds. The van der Waals surface area contributed by atoms with Crippen molar-refractivity contribution in [1.82, 2.24) is 9.97 Å². The van der Waals surface area contributed by atoms with Gasteiger partial charge in [0.15, 0.2) is 0 Å². The number of carbonyl (C=O) groups excluding carboxylic acids is 1. The number of rotatable bonds is 3. The summed E-state index contributed by atoms with van der Waals surface area (Å²) < 4.78 is 0. The van der Waals surface area contributed by atoms with Crippen LogP contribution in [0.2, 0.25) is 0 Å². The van der Waals surface area contributed by atoms with E-state index in [-0.39, 0.29) is 0 Å². The van der Waals surface area contributed by atoms with Gasteiger partial charge in [-0.3, -0.25) is 9.78 Å². The molecule has 0 atom stereocenters. The first-order valence-corrected chi connectivity index (χ1v) is 5.30. The van der Waals surface area contributed by atoms with Crippen LogP contribution < -0.4 is 5.32 Å². The van der Waals surface area contributed by atoms with Gasteiger partial charge in [-0.15, -0.1) is 0 Å². The molecule has 0 bridgehead atoms. The number of hydrogen-bond donors (Lipinski definition) is 1. The fourth-order valence-electron chi connectivity index (χ4n) is 1.84. The summed E-state index contributed by atoms with van der Waals surface area (Å²) in [7, 11) is 0. The van der Waals surface area contributed by atoms with Crippen molar-refractivity contribution in [1.29, 1.82) is 0 Å². The Kier molecular flexibility index (Phi) is 3.14. The maximum Gasteiger partial charge on any atom is 0.212 e. The number of pyridine rings is 2. The van der Waals surface area contributed by atoms with Crippen molar-refractivity contribution in [2.24, 2.45) is 0 Å². The zero-order valence-electron chi connectivity index (χ0n) is 9.77. The minimum atomic E-state index is 0.549. The van der Waals surface area contributed by atoms with Gasteiger partial charge in [-0.25, -0.2) is 4.98 Å². The van der Waals surface area contributed by atoms with Gasteiger partial charge in [0.05, 0.1) is 0 Å². The van der Waals surface area contributed by atoms with Crippen LogP contribution in [0.5, 0.6) is 0 Å². The van der Waals surface area contributed by atoms with Crippen LogP contribution in [0.3, 0.4) is 0 Å². The lowest BCUT2D eigenvalue weighted by molar-refractivity contribution is -0.105. The molecule has 2 aromatic heterocycles. The minimum absolute atomic E-state index is 0.549. The van der Waals surface area contributed by atoms with Gasteiger partial charge >= 0.3 is 0 Å². The third-order valence-electron chi connectivity index (χ3n) is 2.58. The van der Waals surface area contributed by atoms with Gasteiger partial charge in [0.2, 0.25) is 6.41 Å². The highest BCUT2D eigenvalue weighted by Crippen LogP contribution is 2.25. The maximum absolute atomic E-state index is 10.3. The van der Waals surface area contributed by atoms with E-state index >= 15 is 0 Å². The van der Waals surface area contributed by atoms with Gasteiger partial charge in [0.1, 0.15) is 5.82 Å². The van der Waals surface area contributed by atoms with Gasteiger partial charge in [0.25, 0.3) is 0 Å². The van der Waals surface area contributed by atoms with E-state index in [9.17, 15) is 4.79 Å². The highest BCUT2D eigenvalue weighted by atomic mass is 16.1. The SMILES string of the molecule is Cc1cncc(C)c1-c1ccc(NC=O)nc1. The minimum Gasteiger partial charge on any atom is -0.313 e. The molecule has 2 aromatic rings. The van der Waals surface area contributed by atoms with Gasteiger partial charge in [-0.1, -0.05) is 0 Å². The highest BCUT2D eigenvalue weighted by Gasteiger charge is 2.06. The molecule has 2 heterocycles. The Morgan fingerprint density at radius 3 is 2.35 bits per heavy atom. The Morgan fingerprint density at radius 1 is 1.12 bits per heavy atom. The lowest BCUT2D eigenvalue weighted by Crippen LogP contribution is -1.97. The lowest BCUT2D eigenvalue weighted by Gasteiger charge is -2.09. The molecule has 86 valence electrons. The number of amides is 1. The van der Waals surface area contributed by atoms with Crippen LogP contribution in [-0.2, 0) is 4.79 Å². The topological polar surface area (TPSA) is 54.9 Å². The molecular weight excluding hydrogens is 214 g/mol. The zero-order chi connectivity index (χ0) is 12.3. The summed E-state index contributed by atoms with van der Waals surface area (Å²) in [6, 6.07) is 3.72. The molecule has 0 saturated carbocycles. The second-order valence-corrected chi connectivity index (χ2v) is 3.84. The predicted octanol–water partition coefficient (Wildman–Crippen LogP) is 2.33. The molecule has 0 unspecified atom stereocenters. The van der Waals surface area contributed by atoms with E-state index in [2.05, 4.69) is 15.3 Å². The summed E-state index contributed by atoms with van der Waals surface area (Å²) >= 11 is 0. The fourth-order valence-corrected chi connectivity index (χ4v) is 1.84. The molecule has 2 rings (SSSR count). The van der Waals surface area contributed by atoms with E-state index in [1.165, 1.54) is 0 Å². The van der Waals surface area contributed by atoms with Crippen molar-refractivity contribution in [3.8, 4) is 11.1 Å². The van der Waals surface area contributed by atoms with Crippen molar-refractivity contribution in [2.45, 2.75) is 13.8 Å².